The lowest BCUT2D eigenvalue weighted by molar-refractivity contribution is -0.146. The molecule has 0 heterocycles. The van der Waals surface area contributed by atoms with Crippen molar-refractivity contribution in [2.24, 2.45) is 5.92 Å². The molecule has 2 atom stereocenters. The van der Waals surface area contributed by atoms with Crippen LogP contribution in [0.1, 0.15) is 26.2 Å². The van der Waals surface area contributed by atoms with Crippen molar-refractivity contribution in [3.63, 3.8) is 0 Å². The van der Waals surface area contributed by atoms with Crippen LogP contribution < -0.4 is 5.32 Å². The first-order chi connectivity index (χ1) is 6.25. The number of allylic oxidation sites excluding steroid dienone is 1. The number of hydrogen-bond acceptors (Lipinski definition) is 2. The molecule has 3 heteroatoms. The molecule has 1 aliphatic carbocycles. The van der Waals surface area contributed by atoms with Crippen LogP contribution in [0.4, 0.5) is 0 Å². The van der Waals surface area contributed by atoms with Crippen molar-refractivity contribution in [3.05, 3.63) is 12.2 Å². The fraction of sp³-hybridized carbons (Fsp3) is 0.700. The van der Waals surface area contributed by atoms with Crippen LogP contribution in [-0.2, 0) is 4.79 Å². The van der Waals surface area contributed by atoms with E-state index in [0.717, 1.165) is 25.8 Å². The van der Waals surface area contributed by atoms with E-state index in [2.05, 4.69) is 11.4 Å². The van der Waals surface area contributed by atoms with Crippen LogP contribution in [0.5, 0.6) is 0 Å². The maximum absolute atomic E-state index is 10.6. The molecule has 13 heavy (non-hydrogen) atoms. The Labute approximate surface area is 78.8 Å². The molecule has 0 aromatic heterocycles. The van der Waals surface area contributed by atoms with Gasteiger partial charge < -0.3 is 10.4 Å². The molecule has 0 spiro atoms. The van der Waals surface area contributed by atoms with Gasteiger partial charge in [-0.3, -0.25) is 4.79 Å². The summed E-state index contributed by atoms with van der Waals surface area (Å²) in [5, 5.41) is 12.0. The van der Waals surface area contributed by atoms with E-state index in [1.54, 1.807) is 0 Å². The van der Waals surface area contributed by atoms with E-state index in [0.29, 0.717) is 0 Å². The van der Waals surface area contributed by atoms with Crippen molar-refractivity contribution in [1.29, 1.82) is 0 Å². The van der Waals surface area contributed by atoms with E-state index in [-0.39, 0.29) is 12.0 Å². The van der Waals surface area contributed by atoms with Crippen molar-refractivity contribution in [1.82, 2.24) is 5.32 Å². The zero-order chi connectivity index (χ0) is 9.68. The second-order valence-corrected chi connectivity index (χ2v) is 3.44. The van der Waals surface area contributed by atoms with Crippen LogP contribution in [0.3, 0.4) is 0 Å². The quantitative estimate of drug-likeness (QED) is 0.500. The van der Waals surface area contributed by atoms with Crippen molar-refractivity contribution in [3.8, 4) is 0 Å². The summed E-state index contributed by atoms with van der Waals surface area (Å²) in [6, 6.07) is 0.211. The second-order valence-electron chi connectivity index (χ2n) is 3.44. The molecular formula is C10H17NO2. The second kappa shape index (κ2) is 5.02. The number of carboxylic acid groups (broad SMARTS) is 1. The Balaban J connectivity index is 2.12. The molecule has 0 amide bonds. The fourth-order valence-corrected chi connectivity index (χ4v) is 1.56. The summed E-state index contributed by atoms with van der Waals surface area (Å²) < 4.78 is 0. The number of nitrogens with one attached hydrogen (secondary N) is 1. The van der Waals surface area contributed by atoms with Gasteiger partial charge in [0.05, 0.1) is 5.92 Å². The van der Waals surface area contributed by atoms with Gasteiger partial charge in [0.15, 0.2) is 0 Å². The molecule has 2 N–H and O–H groups in total. The largest absolute Gasteiger partial charge is 0.481 e. The van der Waals surface area contributed by atoms with E-state index < -0.39 is 5.97 Å². The van der Waals surface area contributed by atoms with E-state index in [4.69, 9.17) is 5.11 Å². The van der Waals surface area contributed by atoms with Gasteiger partial charge in [-0.1, -0.05) is 12.2 Å². The van der Waals surface area contributed by atoms with Crippen LogP contribution >= 0.6 is 0 Å². The van der Waals surface area contributed by atoms with Crippen molar-refractivity contribution < 1.29 is 9.90 Å². The van der Waals surface area contributed by atoms with E-state index in [9.17, 15) is 4.79 Å². The maximum Gasteiger partial charge on any atom is 0.308 e. The fourth-order valence-electron chi connectivity index (χ4n) is 1.56. The van der Waals surface area contributed by atoms with Crippen LogP contribution in [0, 0.1) is 5.92 Å². The number of rotatable bonds is 5. The minimum atomic E-state index is -0.658. The molecule has 1 saturated carbocycles. The third-order valence-electron chi connectivity index (χ3n) is 2.54. The van der Waals surface area contributed by atoms with Crippen molar-refractivity contribution in [2.75, 3.05) is 6.54 Å². The lowest BCUT2D eigenvalue weighted by Gasteiger charge is -2.34. The molecule has 1 fully saturated rings. The number of carbonyl (C=O) groups is 1. The van der Waals surface area contributed by atoms with Gasteiger partial charge >= 0.3 is 5.97 Å². The topological polar surface area (TPSA) is 49.3 Å². The normalized spacial score (nSPS) is 27.5. The average Bonchev–Trinajstić information content (AvgIpc) is 2.01. The molecule has 74 valence electrons. The Hall–Kier alpha value is -0.830. The molecule has 0 aromatic rings. The highest BCUT2D eigenvalue weighted by molar-refractivity contribution is 5.72. The Bertz CT molecular complexity index is 201. The Morgan fingerprint density at radius 3 is 2.85 bits per heavy atom. The summed E-state index contributed by atoms with van der Waals surface area (Å²) in [4.78, 5) is 10.6. The minimum Gasteiger partial charge on any atom is -0.481 e. The molecular weight excluding hydrogens is 166 g/mol. The van der Waals surface area contributed by atoms with Gasteiger partial charge in [-0.25, -0.2) is 0 Å². The summed E-state index contributed by atoms with van der Waals surface area (Å²) in [5.41, 5.74) is 0. The Morgan fingerprint density at radius 2 is 2.38 bits per heavy atom. The Kier molecular flexibility index (Phi) is 3.96. The standard InChI is InChI=1S/C10H17NO2/c1-2-3-4-7-11-9-6-5-8(9)10(12)13/h2-3,8-9,11H,4-7H2,1H3,(H,12,13)/b3-2+. The smallest absolute Gasteiger partial charge is 0.308 e. The van der Waals surface area contributed by atoms with Gasteiger partial charge in [0.25, 0.3) is 0 Å². The van der Waals surface area contributed by atoms with Gasteiger partial charge in [-0.05, 0) is 32.7 Å². The first-order valence-corrected chi connectivity index (χ1v) is 4.83. The summed E-state index contributed by atoms with van der Waals surface area (Å²) in [7, 11) is 0. The zero-order valence-electron chi connectivity index (χ0n) is 7.99. The summed E-state index contributed by atoms with van der Waals surface area (Å²) >= 11 is 0. The molecule has 0 aliphatic heterocycles. The van der Waals surface area contributed by atoms with Crippen LogP contribution in [-0.4, -0.2) is 23.7 Å². The lowest BCUT2D eigenvalue weighted by atomic mass is 9.79. The SMILES string of the molecule is C/C=C/CCNC1CCC1C(=O)O. The molecule has 0 saturated heterocycles. The highest BCUT2D eigenvalue weighted by Crippen LogP contribution is 2.27. The van der Waals surface area contributed by atoms with Crippen molar-refractivity contribution >= 4 is 5.97 Å². The van der Waals surface area contributed by atoms with Crippen molar-refractivity contribution in [2.45, 2.75) is 32.2 Å². The molecule has 2 unspecified atom stereocenters. The average molecular weight is 183 g/mol. The highest BCUT2D eigenvalue weighted by Gasteiger charge is 2.35. The zero-order valence-corrected chi connectivity index (χ0v) is 7.99. The summed E-state index contributed by atoms with van der Waals surface area (Å²) in [6.07, 6.45) is 6.92. The lowest BCUT2D eigenvalue weighted by Crippen LogP contribution is -2.47. The van der Waals surface area contributed by atoms with Crippen LogP contribution in [0.2, 0.25) is 0 Å². The predicted molar refractivity (Wildman–Crippen MR) is 51.6 cm³/mol. The summed E-state index contributed by atoms with van der Waals surface area (Å²) in [5.74, 6) is -0.805. The first-order valence-electron chi connectivity index (χ1n) is 4.83. The third-order valence-corrected chi connectivity index (χ3v) is 2.54. The van der Waals surface area contributed by atoms with Crippen LogP contribution in [0.15, 0.2) is 12.2 Å². The molecule has 3 nitrogen and oxygen atoms in total. The van der Waals surface area contributed by atoms with Gasteiger partial charge in [0.1, 0.15) is 0 Å². The number of carboxylic acids is 1. The highest BCUT2D eigenvalue weighted by atomic mass is 16.4. The van der Waals surface area contributed by atoms with Gasteiger partial charge in [0, 0.05) is 6.04 Å². The molecule has 0 radical (unpaired) electrons. The maximum atomic E-state index is 10.6. The summed E-state index contributed by atoms with van der Waals surface area (Å²) in [6.45, 7) is 2.88. The van der Waals surface area contributed by atoms with Gasteiger partial charge in [-0.15, -0.1) is 0 Å². The van der Waals surface area contributed by atoms with Gasteiger partial charge in [0.2, 0.25) is 0 Å². The predicted octanol–water partition coefficient (Wildman–Crippen LogP) is 1.41. The minimum absolute atomic E-state index is 0.148. The number of hydrogen-bond donors (Lipinski definition) is 2. The molecule has 1 aliphatic rings. The monoisotopic (exact) mass is 183 g/mol. The van der Waals surface area contributed by atoms with E-state index >= 15 is 0 Å². The van der Waals surface area contributed by atoms with E-state index in [1.165, 1.54) is 0 Å². The molecule has 1 rings (SSSR count). The van der Waals surface area contributed by atoms with Crippen LogP contribution in [0.25, 0.3) is 0 Å². The molecule has 0 bridgehead atoms. The third kappa shape index (κ3) is 2.84. The molecule has 0 aromatic carbocycles. The van der Waals surface area contributed by atoms with Gasteiger partial charge in [-0.2, -0.15) is 0 Å². The number of aliphatic carboxylic acids is 1. The Morgan fingerprint density at radius 1 is 1.62 bits per heavy atom. The first kappa shape index (κ1) is 10.3. The van der Waals surface area contributed by atoms with E-state index in [1.807, 2.05) is 13.0 Å².